The summed E-state index contributed by atoms with van der Waals surface area (Å²) < 4.78 is 0. The molecule has 1 heterocycles. The summed E-state index contributed by atoms with van der Waals surface area (Å²) in [5, 5.41) is 4.49. The first-order valence-electron chi connectivity index (χ1n) is 11.0. The molecule has 0 bridgehead atoms. The highest BCUT2D eigenvalue weighted by Crippen LogP contribution is 2.20. The van der Waals surface area contributed by atoms with Crippen molar-refractivity contribution in [1.29, 1.82) is 0 Å². The van der Waals surface area contributed by atoms with Gasteiger partial charge in [-0.25, -0.2) is 4.79 Å². The molecule has 2 aromatic carbocycles. The van der Waals surface area contributed by atoms with Gasteiger partial charge in [0.2, 0.25) is 0 Å². The van der Waals surface area contributed by atoms with Gasteiger partial charge in [0, 0.05) is 29.4 Å². The summed E-state index contributed by atoms with van der Waals surface area (Å²) in [7, 11) is 0. The van der Waals surface area contributed by atoms with Crippen molar-refractivity contribution in [3.05, 3.63) is 74.5 Å². The Bertz CT molecular complexity index is 1140. The zero-order chi connectivity index (χ0) is 23.3. The highest BCUT2D eigenvalue weighted by molar-refractivity contribution is 6.30. The number of nitrogens with one attached hydrogen (secondary N) is 2. The van der Waals surface area contributed by atoms with Crippen molar-refractivity contribution >= 4 is 34.2 Å². The Hall–Kier alpha value is -2.83. The Morgan fingerprint density at radius 2 is 1.72 bits per heavy atom. The Labute approximate surface area is 194 Å². The van der Waals surface area contributed by atoms with Crippen molar-refractivity contribution in [2.75, 3.05) is 31.5 Å². The topological polar surface area (TPSA) is 68.4 Å². The van der Waals surface area contributed by atoms with Crippen molar-refractivity contribution in [2.45, 2.75) is 34.2 Å². The predicted molar refractivity (Wildman–Crippen MR) is 133 cm³/mol. The molecule has 0 saturated carbocycles. The van der Waals surface area contributed by atoms with Crippen LogP contribution in [0.5, 0.6) is 0 Å². The minimum absolute atomic E-state index is 0.168. The number of benzene rings is 2. The maximum Gasteiger partial charge on any atom is 0.322 e. The van der Waals surface area contributed by atoms with Gasteiger partial charge in [0.05, 0.1) is 12.1 Å². The van der Waals surface area contributed by atoms with Gasteiger partial charge in [0.1, 0.15) is 0 Å². The van der Waals surface area contributed by atoms with E-state index in [2.05, 4.69) is 29.0 Å². The van der Waals surface area contributed by atoms with Crippen LogP contribution >= 0.6 is 11.6 Å². The van der Waals surface area contributed by atoms with Gasteiger partial charge in [-0.15, -0.1) is 0 Å². The summed E-state index contributed by atoms with van der Waals surface area (Å²) in [6.07, 6.45) is 0. The maximum absolute atomic E-state index is 13.1. The van der Waals surface area contributed by atoms with Crippen molar-refractivity contribution in [3.8, 4) is 0 Å². The first-order valence-corrected chi connectivity index (χ1v) is 11.4. The Morgan fingerprint density at radius 3 is 2.38 bits per heavy atom. The van der Waals surface area contributed by atoms with E-state index in [1.54, 1.807) is 29.2 Å². The van der Waals surface area contributed by atoms with Gasteiger partial charge < -0.3 is 20.1 Å². The monoisotopic (exact) mass is 454 g/mol. The molecule has 2 N–H and O–H groups in total. The zero-order valence-electron chi connectivity index (χ0n) is 19.2. The number of carbonyl (C=O) groups excluding carboxylic acids is 1. The van der Waals surface area contributed by atoms with E-state index in [4.69, 9.17) is 11.6 Å². The number of likely N-dealkylation sites (N-methyl/N-ethyl adjacent to an activating group) is 1. The lowest BCUT2D eigenvalue weighted by molar-refractivity contribution is 0.194. The number of rotatable bonds is 8. The molecule has 0 fully saturated rings. The molecule has 0 aliphatic heterocycles. The fourth-order valence-electron chi connectivity index (χ4n) is 3.68. The van der Waals surface area contributed by atoms with Crippen LogP contribution in [0.4, 0.5) is 10.5 Å². The van der Waals surface area contributed by atoms with Crippen molar-refractivity contribution in [3.63, 3.8) is 0 Å². The van der Waals surface area contributed by atoms with Crippen molar-refractivity contribution in [2.24, 2.45) is 0 Å². The number of H-pyrrole nitrogens is 1. The van der Waals surface area contributed by atoms with E-state index < -0.39 is 0 Å². The van der Waals surface area contributed by atoms with Crippen LogP contribution in [0.15, 0.2) is 47.3 Å². The molecule has 0 atom stereocenters. The summed E-state index contributed by atoms with van der Waals surface area (Å²) in [6, 6.07) is 12.7. The average Bonchev–Trinajstić information content (AvgIpc) is 2.78. The highest BCUT2D eigenvalue weighted by atomic mass is 35.5. The molecule has 1 aromatic heterocycles. The Kier molecular flexibility index (Phi) is 7.94. The number of nitrogens with zero attached hydrogens (tertiary/aromatic N) is 2. The number of hydrogen-bond acceptors (Lipinski definition) is 3. The predicted octanol–water partition coefficient (Wildman–Crippen LogP) is 5.17. The lowest BCUT2D eigenvalue weighted by Gasteiger charge is -2.27. The highest BCUT2D eigenvalue weighted by Gasteiger charge is 2.18. The number of hydrogen-bond donors (Lipinski definition) is 2. The molecule has 3 rings (SSSR count). The fourth-order valence-corrected chi connectivity index (χ4v) is 3.81. The number of pyridine rings is 1. The van der Waals surface area contributed by atoms with E-state index in [9.17, 15) is 9.59 Å². The third kappa shape index (κ3) is 5.69. The van der Waals surface area contributed by atoms with Gasteiger partial charge in [-0.1, -0.05) is 37.6 Å². The van der Waals surface area contributed by atoms with E-state index in [0.717, 1.165) is 41.7 Å². The van der Waals surface area contributed by atoms with Gasteiger partial charge in [0.15, 0.2) is 0 Å². The summed E-state index contributed by atoms with van der Waals surface area (Å²) in [4.78, 5) is 32.9. The average molecular weight is 455 g/mol. The summed E-state index contributed by atoms with van der Waals surface area (Å²) in [6.45, 7) is 11.5. The van der Waals surface area contributed by atoms with Gasteiger partial charge in [-0.3, -0.25) is 4.79 Å². The Morgan fingerprint density at radius 1 is 1.03 bits per heavy atom. The number of urea groups is 1. The van der Waals surface area contributed by atoms with Crippen LogP contribution in [-0.4, -0.2) is 47.0 Å². The molecule has 32 heavy (non-hydrogen) atoms. The lowest BCUT2D eigenvalue weighted by atomic mass is 10.0. The smallest absolute Gasteiger partial charge is 0.321 e. The zero-order valence-corrected chi connectivity index (χ0v) is 19.9. The normalized spacial score (nSPS) is 11.2. The number of fused-ring (bicyclic) bond motifs is 1. The first-order chi connectivity index (χ1) is 15.3. The second-order valence-corrected chi connectivity index (χ2v) is 8.42. The molecule has 6 nitrogen and oxygen atoms in total. The van der Waals surface area contributed by atoms with Crippen LogP contribution in [0, 0.1) is 13.8 Å². The maximum atomic E-state index is 13.1. The number of aryl methyl sites for hydroxylation is 2. The van der Waals surface area contributed by atoms with Crippen LogP contribution in [0.1, 0.15) is 30.5 Å². The molecule has 0 saturated heterocycles. The molecule has 0 spiro atoms. The van der Waals surface area contributed by atoms with Crippen LogP contribution in [-0.2, 0) is 6.54 Å². The molecule has 0 aliphatic carbocycles. The molecular formula is C25H31ClN4O2. The minimum atomic E-state index is -0.251. The number of aromatic amines is 1. The summed E-state index contributed by atoms with van der Waals surface area (Å²) in [5.41, 5.74) is 4.09. The Balaban J connectivity index is 1.87. The number of amides is 2. The largest absolute Gasteiger partial charge is 0.322 e. The van der Waals surface area contributed by atoms with Crippen molar-refractivity contribution < 1.29 is 4.79 Å². The minimum Gasteiger partial charge on any atom is -0.321 e. The third-order valence-electron chi connectivity index (χ3n) is 5.95. The molecule has 3 aromatic rings. The van der Waals surface area contributed by atoms with E-state index in [1.165, 1.54) is 0 Å². The summed E-state index contributed by atoms with van der Waals surface area (Å²) in [5.74, 6) is 0. The van der Waals surface area contributed by atoms with Crippen molar-refractivity contribution in [1.82, 2.24) is 14.8 Å². The first kappa shape index (κ1) is 23.8. The van der Waals surface area contributed by atoms with E-state index >= 15 is 0 Å². The van der Waals surface area contributed by atoms with Gasteiger partial charge in [-0.05, 0) is 73.8 Å². The van der Waals surface area contributed by atoms with Crippen LogP contribution < -0.4 is 10.9 Å². The van der Waals surface area contributed by atoms with E-state index in [1.807, 2.05) is 32.0 Å². The SMILES string of the molecule is CCN(CC)CCN(Cc1cc2ccc(C)c(C)c2[nH]c1=O)C(=O)Nc1ccc(Cl)cc1. The molecule has 7 heteroatoms. The number of aromatic nitrogens is 1. The quantitative estimate of drug-likeness (QED) is 0.493. The molecule has 170 valence electrons. The van der Waals surface area contributed by atoms with Gasteiger partial charge in [0.25, 0.3) is 5.56 Å². The standard InChI is InChI=1S/C25H31ClN4O2/c1-5-29(6-2)13-14-30(25(32)27-22-11-9-21(26)10-12-22)16-20-15-19-8-7-17(3)18(4)23(19)28-24(20)31/h7-12,15H,5-6,13-14,16H2,1-4H3,(H,27,32)(H,28,31). The van der Waals surface area contributed by atoms with Gasteiger partial charge in [-0.2, -0.15) is 0 Å². The second-order valence-electron chi connectivity index (χ2n) is 7.98. The van der Waals surface area contributed by atoms with Gasteiger partial charge >= 0.3 is 6.03 Å². The number of halogens is 1. The van der Waals surface area contributed by atoms with Crippen LogP contribution in [0.3, 0.4) is 0 Å². The van der Waals surface area contributed by atoms with E-state index in [-0.39, 0.29) is 18.1 Å². The van der Waals surface area contributed by atoms with Crippen LogP contribution in [0.2, 0.25) is 5.02 Å². The fraction of sp³-hybridized carbons (Fsp3) is 0.360. The molecule has 0 radical (unpaired) electrons. The molecule has 2 amide bonds. The second kappa shape index (κ2) is 10.7. The summed E-state index contributed by atoms with van der Waals surface area (Å²) >= 11 is 5.95. The number of carbonyl (C=O) groups is 1. The molecular weight excluding hydrogens is 424 g/mol. The lowest BCUT2D eigenvalue weighted by Crippen LogP contribution is -2.41. The third-order valence-corrected chi connectivity index (χ3v) is 6.20. The van der Waals surface area contributed by atoms with Crippen LogP contribution in [0.25, 0.3) is 10.9 Å². The number of anilines is 1. The molecule has 0 unspecified atom stereocenters. The molecule has 0 aliphatic rings. The van der Waals surface area contributed by atoms with E-state index in [0.29, 0.717) is 22.8 Å².